The molecule has 19 heavy (non-hydrogen) atoms. The van der Waals surface area contributed by atoms with Crippen LogP contribution in [0.2, 0.25) is 0 Å². The number of nitrogens with one attached hydrogen (secondary N) is 1. The lowest BCUT2D eigenvalue weighted by Crippen LogP contribution is -2.02. The zero-order valence-electron chi connectivity index (χ0n) is 10.1. The Labute approximate surface area is 108 Å². The summed E-state index contributed by atoms with van der Waals surface area (Å²) < 4.78 is 43.6. The van der Waals surface area contributed by atoms with Gasteiger partial charge in [-0.1, -0.05) is 0 Å². The van der Waals surface area contributed by atoms with E-state index in [1.54, 1.807) is 12.1 Å². The number of hydrogen-bond donors (Lipinski definition) is 1. The lowest BCUT2D eigenvalue weighted by molar-refractivity contribution is 0.398. The third-order valence-corrected chi connectivity index (χ3v) is 2.49. The first-order chi connectivity index (χ1) is 9.10. The molecule has 0 fully saturated rings. The Morgan fingerprint density at radius 1 is 1.16 bits per heavy atom. The number of rotatable bonds is 4. The lowest BCUT2D eigenvalue weighted by atomic mass is 10.2. The molecule has 1 aromatic carbocycles. The molecule has 3 nitrogen and oxygen atoms in total. The van der Waals surface area contributed by atoms with Crippen LogP contribution in [0, 0.1) is 17.5 Å². The summed E-state index contributed by atoms with van der Waals surface area (Å²) in [5.74, 6) is -3.41. The van der Waals surface area contributed by atoms with E-state index in [4.69, 9.17) is 4.74 Å². The van der Waals surface area contributed by atoms with Gasteiger partial charge in [0.25, 0.3) is 0 Å². The fourth-order valence-electron chi connectivity index (χ4n) is 1.52. The van der Waals surface area contributed by atoms with Crippen LogP contribution in [0.15, 0.2) is 30.5 Å². The summed E-state index contributed by atoms with van der Waals surface area (Å²) in [5, 5.41) is 2.91. The van der Waals surface area contributed by atoms with Crippen LogP contribution >= 0.6 is 0 Å². The quantitative estimate of drug-likeness (QED) is 0.865. The van der Waals surface area contributed by atoms with Crippen molar-refractivity contribution in [2.45, 2.75) is 6.54 Å². The Balaban J connectivity index is 2.05. The van der Waals surface area contributed by atoms with Crippen molar-refractivity contribution in [2.75, 3.05) is 12.4 Å². The molecule has 0 spiro atoms. The highest BCUT2D eigenvalue weighted by molar-refractivity contribution is 5.42. The smallest absolute Gasteiger partial charge is 0.213 e. The van der Waals surface area contributed by atoms with Gasteiger partial charge in [-0.05, 0) is 23.8 Å². The fraction of sp³-hybridized carbons (Fsp3) is 0.154. The normalized spacial score (nSPS) is 10.3. The zero-order valence-corrected chi connectivity index (χ0v) is 10.1. The Kier molecular flexibility index (Phi) is 3.89. The molecule has 0 atom stereocenters. The number of benzene rings is 1. The summed E-state index contributed by atoms with van der Waals surface area (Å²) in [6.07, 6.45) is 1.52. The van der Waals surface area contributed by atoms with Gasteiger partial charge in [0.05, 0.1) is 19.0 Å². The summed E-state index contributed by atoms with van der Waals surface area (Å²) in [7, 11) is 1.50. The molecule has 0 radical (unpaired) electrons. The third kappa shape index (κ3) is 3.15. The SMILES string of the molecule is COc1ccc(NCc2cc(F)c(F)c(F)c2)cn1. The maximum atomic E-state index is 13.0. The van der Waals surface area contributed by atoms with Gasteiger partial charge in [-0.25, -0.2) is 18.2 Å². The van der Waals surface area contributed by atoms with Crippen molar-refractivity contribution in [3.05, 3.63) is 53.5 Å². The topological polar surface area (TPSA) is 34.1 Å². The van der Waals surface area contributed by atoms with E-state index in [2.05, 4.69) is 10.3 Å². The van der Waals surface area contributed by atoms with Crippen LogP contribution in [0.3, 0.4) is 0 Å². The molecule has 0 unspecified atom stereocenters. The molecule has 2 aromatic rings. The minimum Gasteiger partial charge on any atom is -0.481 e. The zero-order chi connectivity index (χ0) is 13.8. The van der Waals surface area contributed by atoms with Crippen molar-refractivity contribution < 1.29 is 17.9 Å². The van der Waals surface area contributed by atoms with Crippen LogP contribution in [0.4, 0.5) is 18.9 Å². The Bertz CT molecular complexity index is 550. The molecule has 0 saturated carbocycles. The monoisotopic (exact) mass is 268 g/mol. The van der Waals surface area contributed by atoms with Gasteiger partial charge in [0, 0.05) is 12.6 Å². The molecule has 0 aliphatic rings. The molecule has 2 rings (SSSR count). The Morgan fingerprint density at radius 2 is 1.84 bits per heavy atom. The molecular weight excluding hydrogens is 257 g/mol. The van der Waals surface area contributed by atoms with E-state index in [9.17, 15) is 13.2 Å². The van der Waals surface area contributed by atoms with Crippen molar-refractivity contribution in [1.29, 1.82) is 0 Å². The van der Waals surface area contributed by atoms with Gasteiger partial charge in [-0.15, -0.1) is 0 Å². The van der Waals surface area contributed by atoms with Crippen LogP contribution in [0.25, 0.3) is 0 Å². The minimum absolute atomic E-state index is 0.155. The molecule has 1 heterocycles. The maximum Gasteiger partial charge on any atom is 0.213 e. The molecule has 0 saturated heterocycles. The van der Waals surface area contributed by atoms with Crippen molar-refractivity contribution in [3.63, 3.8) is 0 Å². The minimum atomic E-state index is -1.46. The van der Waals surface area contributed by atoms with E-state index in [1.807, 2.05) is 0 Å². The number of pyridine rings is 1. The summed E-state index contributed by atoms with van der Waals surface area (Å²) in [4.78, 5) is 3.97. The van der Waals surface area contributed by atoms with Crippen LogP contribution in [-0.2, 0) is 6.54 Å². The van der Waals surface area contributed by atoms with Crippen molar-refractivity contribution in [2.24, 2.45) is 0 Å². The van der Waals surface area contributed by atoms with Crippen LogP contribution in [0.1, 0.15) is 5.56 Å². The highest BCUT2D eigenvalue weighted by Crippen LogP contribution is 2.16. The summed E-state index contributed by atoms with van der Waals surface area (Å²) in [6, 6.07) is 5.25. The maximum absolute atomic E-state index is 13.0. The van der Waals surface area contributed by atoms with Crippen molar-refractivity contribution >= 4 is 5.69 Å². The van der Waals surface area contributed by atoms with Gasteiger partial charge in [0.2, 0.25) is 5.88 Å². The van der Waals surface area contributed by atoms with E-state index in [-0.39, 0.29) is 6.54 Å². The molecular formula is C13H11F3N2O. The molecule has 100 valence electrons. The van der Waals surface area contributed by atoms with Gasteiger partial charge in [0.15, 0.2) is 17.5 Å². The van der Waals surface area contributed by atoms with E-state index < -0.39 is 17.5 Å². The third-order valence-electron chi connectivity index (χ3n) is 2.49. The number of ether oxygens (including phenoxy) is 1. The molecule has 6 heteroatoms. The summed E-state index contributed by atoms with van der Waals surface area (Å²) in [5.41, 5.74) is 0.957. The lowest BCUT2D eigenvalue weighted by Gasteiger charge is -2.07. The van der Waals surface area contributed by atoms with E-state index in [1.165, 1.54) is 13.3 Å². The summed E-state index contributed by atoms with van der Waals surface area (Å²) in [6.45, 7) is 0.155. The van der Waals surface area contributed by atoms with Crippen LogP contribution in [0.5, 0.6) is 5.88 Å². The predicted octanol–water partition coefficient (Wildman–Crippen LogP) is 3.12. The first-order valence-corrected chi connectivity index (χ1v) is 5.47. The number of hydrogen-bond acceptors (Lipinski definition) is 3. The molecule has 1 N–H and O–H groups in total. The predicted molar refractivity (Wildman–Crippen MR) is 64.4 cm³/mol. The Hall–Kier alpha value is -2.24. The van der Waals surface area contributed by atoms with Gasteiger partial charge in [-0.2, -0.15) is 0 Å². The average molecular weight is 268 g/mol. The molecule has 0 amide bonds. The van der Waals surface area contributed by atoms with E-state index in [0.29, 0.717) is 17.1 Å². The second-order valence-electron chi connectivity index (χ2n) is 3.82. The number of nitrogens with zero attached hydrogens (tertiary/aromatic N) is 1. The summed E-state index contributed by atoms with van der Waals surface area (Å²) >= 11 is 0. The van der Waals surface area contributed by atoms with Crippen LogP contribution < -0.4 is 10.1 Å². The standard InChI is InChI=1S/C13H11F3N2O/c1-19-12-3-2-9(7-18-12)17-6-8-4-10(14)13(16)11(15)5-8/h2-5,7,17H,6H2,1H3. The average Bonchev–Trinajstić information content (AvgIpc) is 2.43. The Morgan fingerprint density at radius 3 is 2.37 bits per heavy atom. The number of aromatic nitrogens is 1. The first-order valence-electron chi connectivity index (χ1n) is 5.47. The molecule has 0 bridgehead atoms. The van der Waals surface area contributed by atoms with Gasteiger partial charge < -0.3 is 10.1 Å². The molecule has 0 aliphatic heterocycles. The van der Waals surface area contributed by atoms with Crippen molar-refractivity contribution in [1.82, 2.24) is 4.98 Å². The number of anilines is 1. The highest BCUT2D eigenvalue weighted by Gasteiger charge is 2.10. The van der Waals surface area contributed by atoms with E-state index >= 15 is 0 Å². The van der Waals surface area contributed by atoms with Gasteiger partial charge in [-0.3, -0.25) is 0 Å². The number of halogens is 3. The van der Waals surface area contributed by atoms with Gasteiger partial charge in [0.1, 0.15) is 0 Å². The first kappa shape index (κ1) is 13.2. The second kappa shape index (κ2) is 5.60. The number of methoxy groups -OCH3 is 1. The van der Waals surface area contributed by atoms with Gasteiger partial charge >= 0.3 is 0 Å². The highest BCUT2D eigenvalue weighted by atomic mass is 19.2. The van der Waals surface area contributed by atoms with Crippen LogP contribution in [-0.4, -0.2) is 12.1 Å². The largest absolute Gasteiger partial charge is 0.481 e. The molecule has 1 aromatic heterocycles. The second-order valence-corrected chi connectivity index (χ2v) is 3.82. The molecule has 0 aliphatic carbocycles. The van der Waals surface area contributed by atoms with Crippen molar-refractivity contribution in [3.8, 4) is 5.88 Å². The van der Waals surface area contributed by atoms with E-state index in [0.717, 1.165) is 12.1 Å². The fourth-order valence-corrected chi connectivity index (χ4v) is 1.52.